The molecule has 0 aromatic heterocycles. The third-order valence-electron chi connectivity index (χ3n) is 2.29. The summed E-state index contributed by atoms with van der Waals surface area (Å²) in [6, 6.07) is -0.0424. The van der Waals surface area contributed by atoms with Crippen LogP contribution >= 0.6 is 0 Å². The molecule has 0 aliphatic carbocycles. The molecule has 0 amide bonds. The summed E-state index contributed by atoms with van der Waals surface area (Å²) in [5, 5.41) is 10.8. The lowest BCUT2D eigenvalue weighted by Crippen LogP contribution is -2.38. The minimum absolute atomic E-state index is 0.0424. The van der Waals surface area contributed by atoms with Crippen LogP contribution in [0.15, 0.2) is 0 Å². The summed E-state index contributed by atoms with van der Waals surface area (Å²) in [5.74, 6) is 2.57. The number of hydroxylamine groups is 2. The molecule has 0 unspecified atom stereocenters. The van der Waals surface area contributed by atoms with Gasteiger partial charge in [0.25, 0.3) is 0 Å². The van der Waals surface area contributed by atoms with Crippen molar-refractivity contribution in [2.24, 2.45) is 0 Å². The lowest BCUT2D eigenvalue weighted by molar-refractivity contribution is -0.139. The Labute approximate surface area is 86.0 Å². The van der Waals surface area contributed by atoms with Gasteiger partial charge in [0.05, 0.1) is 17.7 Å². The zero-order chi connectivity index (χ0) is 10.8. The molecular formula is C11H19NO2. The van der Waals surface area contributed by atoms with Gasteiger partial charge in [0.2, 0.25) is 0 Å². The number of nitrogens with zero attached hydrogens (tertiary/aromatic N) is 1. The molecule has 0 radical (unpaired) electrons. The maximum absolute atomic E-state index is 9.55. The summed E-state index contributed by atoms with van der Waals surface area (Å²) in [4.78, 5) is 0. The lowest BCUT2D eigenvalue weighted by Gasteiger charge is -2.29. The van der Waals surface area contributed by atoms with Crippen LogP contribution in [0.25, 0.3) is 0 Å². The van der Waals surface area contributed by atoms with Crippen LogP contribution in [0.3, 0.4) is 0 Å². The Kier molecular flexibility index (Phi) is 3.54. The fraction of sp³-hybridized carbons (Fsp3) is 0.818. The fourth-order valence-corrected chi connectivity index (χ4v) is 1.76. The third-order valence-corrected chi connectivity index (χ3v) is 2.29. The van der Waals surface area contributed by atoms with E-state index in [1.165, 1.54) is 5.06 Å². The highest BCUT2D eigenvalue weighted by Gasteiger charge is 2.35. The molecular weight excluding hydrogens is 178 g/mol. The normalized spacial score (nSPS) is 29.1. The topological polar surface area (TPSA) is 32.7 Å². The van der Waals surface area contributed by atoms with Crippen LogP contribution < -0.4 is 0 Å². The smallest absolute Gasteiger partial charge is 0.0783 e. The highest BCUT2D eigenvalue weighted by Crippen LogP contribution is 2.25. The average molecular weight is 197 g/mol. The van der Waals surface area contributed by atoms with Gasteiger partial charge >= 0.3 is 0 Å². The van der Waals surface area contributed by atoms with Crippen LogP contribution in [0, 0.1) is 12.3 Å². The van der Waals surface area contributed by atoms with Crippen molar-refractivity contribution in [3.63, 3.8) is 0 Å². The largest absolute Gasteiger partial charge is 0.371 e. The van der Waals surface area contributed by atoms with E-state index in [1.54, 1.807) is 0 Å². The Morgan fingerprint density at radius 3 is 2.71 bits per heavy atom. The molecule has 0 saturated carbocycles. The van der Waals surface area contributed by atoms with Crippen molar-refractivity contribution < 1.29 is 9.94 Å². The van der Waals surface area contributed by atoms with E-state index < -0.39 is 0 Å². The van der Waals surface area contributed by atoms with E-state index in [4.69, 9.17) is 11.2 Å². The first-order chi connectivity index (χ1) is 6.44. The van der Waals surface area contributed by atoms with Crippen molar-refractivity contribution >= 4 is 0 Å². The highest BCUT2D eigenvalue weighted by atomic mass is 16.5. The zero-order valence-corrected chi connectivity index (χ0v) is 9.16. The van der Waals surface area contributed by atoms with Gasteiger partial charge in [-0.2, -0.15) is 5.06 Å². The van der Waals surface area contributed by atoms with Gasteiger partial charge in [-0.25, -0.2) is 0 Å². The van der Waals surface area contributed by atoms with Crippen LogP contribution in [0.2, 0.25) is 0 Å². The maximum Gasteiger partial charge on any atom is 0.0783 e. The van der Waals surface area contributed by atoms with Crippen LogP contribution in [0.5, 0.6) is 0 Å². The minimum Gasteiger partial charge on any atom is -0.371 e. The summed E-state index contributed by atoms with van der Waals surface area (Å²) in [7, 11) is 0. The highest BCUT2D eigenvalue weighted by molar-refractivity contribution is 4.96. The van der Waals surface area contributed by atoms with E-state index in [0.29, 0.717) is 13.0 Å². The van der Waals surface area contributed by atoms with E-state index in [-0.39, 0.29) is 17.7 Å². The second-order valence-corrected chi connectivity index (χ2v) is 4.70. The molecule has 1 fully saturated rings. The van der Waals surface area contributed by atoms with Gasteiger partial charge in [-0.05, 0) is 27.2 Å². The van der Waals surface area contributed by atoms with Gasteiger partial charge in [0, 0.05) is 13.0 Å². The van der Waals surface area contributed by atoms with Gasteiger partial charge in [-0.15, -0.1) is 12.3 Å². The van der Waals surface area contributed by atoms with Crippen molar-refractivity contribution in [1.29, 1.82) is 0 Å². The average Bonchev–Trinajstić information content (AvgIpc) is 2.33. The van der Waals surface area contributed by atoms with Gasteiger partial charge in [0.1, 0.15) is 0 Å². The number of ether oxygens (including phenoxy) is 1. The molecule has 0 spiro atoms. The van der Waals surface area contributed by atoms with Crippen LogP contribution in [0.4, 0.5) is 0 Å². The Bertz CT molecular complexity index is 226. The zero-order valence-electron chi connectivity index (χ0n) is 9.16. The Hall–Kier alpha value is -0.560. The van der Waals surface area contributed by atoms with Crippen LogP contribution in [-0.4, -0.2) is 34.6 Å². The molecule has 3 nitrogen and oxygen atoms in total. The maximum atomic E-state index is 9.55. The first kappa shape index (κ1) is 11.5. The minimum atomic E-state index is -0.178. The van der Waals surface area contributed by atoms with Gasteiger partial charge in [-0.3, -0.25) is 0 Å². The number of hydrogen-bond acceptors (Lipinski definition) is 3. The van der Waals surface area contributed by atoms with Gasteiger partial charge in [-0.1, -0.05) is 0 Å². The quantitative estimate of drug-likeness (QED) is 0.683. The summed E-state index contributed by atoms with van der Waals surface area (Å²) in [6.07, 6.45) is 6.69. The van der Waals surface area contributed by atoms with E-state index in [1.807, 2.05) is 20.8 Å². The molecule has 3 heteroatoms. The molecule has 1 saturated heterocycles. The molecule has 0 bridgehead atoms. The molecule has 0 aromatic rings. The van der Waals surface area contributed by atoms with Crippen molar-refractivity contribution in [3.05, 3.63) is 0 Å². The summed E-state index contributed by atoms with van der Waals surface area (Å²) >= 11 is 0. The second kappa shape index (κ2) is 4.31. The SMILES string of the molecule is C#CC[C@@H]1[C@@H](OC(C)(C)C)CCN1O. The van der Waals surface area contributed by atoms with Crippen LogP contribution in [0.1, 0.15) is 33.6 Å². The molecule has 1 rings (SSSR count). The standard InChI is InChI=1S/C11H19NO2/c1-5-6-9-10(7-8-12(9)13)14-11(2,3)4/h1,9-10,13H,6-8H2,2-4H3/t9-,10+/m1/s1. The van der Waals surface area contributed by atoms with Crippen molar-refractivity contribution in [1.82, 2.24) is 5.06 Å². The molecule has 1 aliphatic heterocycles. The van der Waals surface area contributed by atoms with Crippen molar-refractivity contribution in [3.8, 4) is 12.3 Å². The third kappa shape index (κ3) is 2.98. The van der Waals surface area contributed by atoms with E-state index in [2.05, 4.69) is 5.92 Å². The van der Waals surface area contributed by atoms with E-state index >= 15 is 0 Å². The molecule has 1 heterocycles. The van der Waals surface area contributed by atoms with E-state index in [0.717, 1.165) is 6.42 Å². The Balaban J connectivity index is 2.57. The van der Waals surface area contributed by atoms with Gasteiger partial charge in [0.15, 0.2) is 0 Å². The molecule has 2 atom stereocenters. The molecule has 0 aromatic carbocycles. The number of hydrogen-bond donors (Lipinski definition) is 1. The number of rotatable bonds is 2. The van der Waals surface area contributed by atoms with Crippen molar-refractivity contribution in [2.75, 3.05) is 6.54 Å². The van der Waals surface area contributed by atoms with Crippen LogP contribution in [-0.2, 0) is 4.74 Å². The van der Waals surface area contributed by atoms with Gasteiger partial charge < -0.3 is 9.94 Å². The fourth-order valence-electron chi connectivity index (χ4n) is 1.76. The predicted octanol–water partition coefficient (Wildman–Crippen LogP) is 1.66. The summed E-state index contributed by atoms with van der Waals surface area (Å²) < 4.78 is 5.84. The predicted molar refractivity (Wildman–Crippen MR) is 55.0 cm³/mol. The molecule has 14 heavy (non-hydrogen) atoms. The second-order valence-electron chi connectivity index (χ2n) is 4.70. The molecule has 80 valence electrons. The first-order valence-corrected chi connectivity index (χ1v) is 5.01. The lowest BCUT2D eigenvalue weighted by atomic mass is 10.1. The number of terminal acetylenes is 1. The van der Waals surface area contributed by atoms with E-state index in [9.17, 15) is 5.21 Å². The summed E-state index contributed by atoms with van der Waals surface area (Å²) in [5.41, 5.74) is -0.178. The summed E-state index contributed by atoms with van der Waals surface area (Å²) in [6.45, 7) is 6.69. The Morgan fingerprint density at radius 1 is 1.57 bits per heavy atom. The molecule has 1 aliphatic rings. The van der Waals surface area contributed by atoms with Crippen molar-refractivity contribution in [2.45, 2.75) is 51.4 Å². The first-order valence-electron chi connectivity index (χ1n) is 5.01. The Morgan fingerprint density at radius 2 is 2.21 bits per heavy atom. The monoisotopic (exact) mass is 197 g/mol. The molecule has 1 N–H and O–H groups in total.